The number of nitrogens with one attached hydrogen (secondary N) is 4. The van der Waals surface area contributed by atoms with Gasteiger partial charge in [0, 0.05) is 4.88 Å². The predicted molar refractivity (Wildman–Crippen MR) is 95.2 cm³/mol. The number of carbonyl (C=O) groups excluding carboxylic acids is 2. The van der Waals surface area contributed by atoms with Crippen LogP contribution in [-0.2, 0) is 4.79 Å². The van der Waals surface area contributed by atoms with E-state index in [1.807, 2.05) is 13.0 Å². The van der Waals surface area contributed by atoms with Crippen molar-refractivity contribution in [1.82, 2.24) is 15.5 Å². The topological polar surface area (TPSA) is 124 Å². The van der Waals surface area contributed by atoms with Gasteiger partial charge < -0.3 is 10.6 Å². The zero-order chi connectivity index (χ0) is 18.0. The van der Waals surface area contributed by atoms with Crippen LogP contribution in [0.5, 0.6) is 0 Å². The summed E-state index contributed by atoms with van der Waals surface area (Å²) in [6.45, 7) is 1.63. The molecule has 0 saturated carbocycles. The molecule has 4 N–H and O–H groups in total. The molecule has 3 rings (SSSR count). The molecule has 0 spiro atoms. The van der Waals surface area contributed by atoms with Gasteiger partial charge in [0.15, 0.2) is 0 Å². The van der Waals surface area contributed by atoms with E-state index in [-0.39, 0.29) is 28.9 Å². The lowest BCUT2D eigenvalue weighted by atomic mass is 10.1. The van der Waals surface area contributed by atoms with E-state index in [9.17, 15) is 19.2 Å². The van der Waals surface area contributed by atoms with E-state index in [4.69, 9.17) is 0 Å². The summed E-state index contributed by atoms with van der Waals surface area (Å²) in [5.41, 5.74) is -0.785. The summed E-state index contributed by atoms with van der Waals surface area (Å²) in [5.74, 6) is -0.853. The van der Waals surface area contributed by atoms with E-state index in [1.54, 1.807) is 12.1 Å². The van der Waals surface area contributed by atoms with Gasteiger partial charge in [-0.25, -0.2) is 0 Å². The van der Waals surface area contributed by atoms with Crippen LogP contribution in [0.25, 0.3) is 10.8 Å². The number of rotatable bonds is 4. The first-order valence-corrected chi connectivity index (χ1v) is 8.15. The molecule has 9 heteroatoms. The smallest absolute Gasteiger partial charge is 0.272 e. The molecule has 0 radical (unpaired) electrons. The van der Waals surface area contributed by atoms with E-state index in [2.05, 4.69) is 20.8 Å². The highest BCUT2D eigenvalue weighted by atomic mass is 32.1. The van der Waals surface area contributed by atoms with Crippen molar-refractivity contribution in [2.75, 3.05) is 11.9 Å². The fraction of sp³-hybridized carbons (Fsp3) is 0.125. The van der Waals surface area contributed by atoms with Crippen LogP contribution < -0.4 is 21.8 Å². The van der Waals surface area contributed by atoms with Gasteiger partial charge in [-0.15, -0.1) is 11.3 Å². The van der Waals surface area contributed by atoms with Gasteiger partial charge in [0.1, 0.15) is 0 Å². The Balaban J connectivity index is 1.74. The fourth-order valence-corrected chi connectivity index (χ4v) is 3.12. The van der Waals surface area contributed by atoms with Gasteiger partial charge in [-0.05, 0) is 31.2 Å². The minimum Gasteiger partial charge on any atom is -0.342 e. The van der Waals surface area contributed by atoms with Crippen LogP contribution in [-0.4, -0.2) is 28.6 Å². The summed E-state index contributed by atoms with van der Waals surface area (Å²) < 4.78 is 0. The van der Waals surface area contributed by atoms with E-state index in [1.165, 1.54) is 23.5 Å². The molecule has 8 nitrogen and oxygen atoms in total. The van der Waals surface area contributed by atoms with Crippen molar-refractivity contribution < 1.29 is 9.59 Å². The van der Waals surface area contributed by atoms with Crippen LogP contribution in [0.2, 0.25) is 0 Å². The molecule has 0 aliphatic carbocycles. The lowest BCUT2D eigenvalue weighted by molar-refractivity contribution is -0.115. The number of aryl methyl sites for hydroxylation is 1. The SMILES string of the molecule is Cc1ccc(C(=O)NCC(=O)Nc2cccc3c(=O)[nH][nH]c(=O)c23)s1. The van der Waals surface area contributed by atoms with Crippen molar-refractivity contribution in [3.8, 4) is 0 Å². The number of carbonyl (C=O) groups is 2. The van der Waals surface area contributed by atoms with Crippen molar-refractivity contribution in [3.63, 3.8) is 0 Å². The molecule has 3 aromatic rings. The van der Waals surface area contributed by atoms with E-state index < -0.39 is 17.0 Å². The number of anilines is 1. The van der Waals surface area contributed by atoms with Crippen LogP contribution in [0, 0.1) is 6.92 Å². The van der Waals surface area contributed by atoms with Gasteiger partial charge in [-0.2, -0.15) is 0 Å². The molecule has 0 atom stereocenters. The number of benzene rings is 1. The minimum atomic E-state index is -0.524. The molecule has 0 aliphatic rings. The maximum Gasteiger partial charge on any atom is 0.272 e. The third-order valence-corrected chi connectivity index (χ3v) is 4.47. The summed E-state index contributed by atoms with van der Waals surface area (Å²) >= 11 is 1.33. The Labute approximate surface area is 144 Å². The molecule has 128 valence electrons. The van der Waals surface area contributed by atoms with Crippen LogP contribution in [0.1, 0.15) is 14.5 Å². The quantitative estimate of drug-likeness (QED) is 0.554. The van der Waals surface area contributed by atoms with Gasteiger partial charge in [-0.1, -0.05) is 6.07 Å². The first-order chi connectivity index (χ1) is 12.0. The van der Waals surface area contributed by atoms with Crippen LogP contribution in [0.15, 0.2) is 39.9 Å². The Kier molecular flexibility index (Phi) is 4.48. The highest BCUT2D eigenvalue weighted by molar-refractivity contribution is 7.13. The highest BCUT2D eigenvalue weighted by Gasteiger charge is 2.13. The monoisotopic (exact) mass is 358 g/mol. The second-order valence-electron chi connectivity index (χ2n) is 5.28. The molecule has 2 heterocycles. The molecule has 0 bridgehead atoms. The largest absolute Gasteiger partial charge is 0.342 e. The third-order valence-electron chi connectivity index (χ3n) is 3.47. The van der Waals surface area contributed by atoms with E-state index in [0.717, 1.165) is 4.88 Å². The summed E-state index contributed by atoms with van der Waals surface area (Å²) in [6.07, 6.45) is 0. The molecule has 0 unspecified atom stereocenters. The molecule has 0 saturated heterocycles. The average molecular weight is 358 g/mol. The van der Waals surface area contributed by atoms with Crippen molar-refractivity contribution in [3.05, 3.63) is 60.8 Å². The molecule has 2 amide bonds. The van der Waals surface area contributed by atoms with Crippen molar-refractivity contribution in [2.24, 2.45) is 0 Å². The fourth-order valence-electron chi connectivity index (χ4n) is 2.33. The average Bonchev–Trinajstić information content (AvgIpc) is 3.03. The van der Waals surface area contributed by atoms with Gasteiger partial charge in [-0.3, -0.25) is 29.4 Å². The van der Waals surface area contributed by atoms with Crippen LogP contribution in [0.4, 0.5) is 5.69 Å². The summed E-state index contributed by atoms with van der Waals surface area (Å²) in [6, 6.07) is 8.06. The lowest BCUT2D eigenvalue weighted by Gasteiger charge is -2.08. The number of aromatic nitrogens is 2. The molecular weight excluding hydrogens is 344 g/mol. The number of H-pyrrole nitrogens is 2. The third kappa shape index (κ3) is 3.50. The van der Waals surface area contributed by atoms with Crippen LogP contribution >= 0.6 is 11.3 Å². The number of hydrogen-bond acceptors (Lipinski definition) is 5. The standard InChI is InChI=1S/C16H14N4O4S/c1-8-5-6-11(25-8)15(23)17-7-12(21)18-10-4-2-3-9-13(10)16(24)20-19-14(9)22/h2-6H,7H2,1H3,(H,17,23)(H,18,21)(H,19,22)(H,20,24). The molecule has 25 heavy (non-hydrogen) atoms. The molecular formula is C16H14N4O4S. The predicted octanol–water partition coefficient (Wildman–Crippen LogP) is 0.955. The first kappa shape index (κ1) is 16.7. The second kappa shape index (κ2) is 6.73. The van der Waals surface area contributed by atoms with Crippen LogP contribution in [0.3, 0.4) is 0 Å². The summed E-state index contributed by atoms with van der Waals surface area (Å²) in [4.78, 5) is 49.2. The molecule has 0 aliphatic heterocycles. The summed E-state index contributed by atoms with van der Waals surface area (Å²) in [7, 11) is 0. The van der Waals surface area contributed by atoms with E-state index >= 15 is 0 Å². The molecule has 0 fully saturated rings. The Morgan fingerprint density at radius 1 is 1.08 bits per heavy atom. The van der Waals surface area contributed by atoms with E-state index in [0.29, 0.717) is 4.88 Å². The maximum absolute atomic E-state index is 12.1. The Morgan fingerprint density at radius 3 is 2.56 bits per heavy atom. The highest BCUT2D eigenvalue weighted by Crippen LogP contribution is 2.17. The normalized spacial score (nSPS) is 10.6. The minimum absolute atomic E-state index is 0.0832. The van der Waals surface area contributed by atoms with Gasteiger partial charge in [0.25, 0.3) is 17.0 Å². The Hall–Kier alpha value is -3.20. The zero-order valence-electron chi connectivity index (χ0n) is 13.1. The number of amides is 2. The molecule has 1 aromatic carbocycles. The second-order valence-corrected chi connectivity index (χ2v) is 6.57. The maximum atomic E-state index is 12.1. The molecule has 2 aromatic heterocycles. The van der Waals surface area contributed by atoms with Gasteiger partial charge in [0.2, 0.25) is 5.91 Å². The van der Waals surface area contributed by atoms with Crippen molar-refractivity contribution in [1.29, 1.82) is 0 Å². The van der Waals surface area contributed by atoms with Gasteiger partial charge >= 0.3 is 0 Å². The Morgan fingerprint density at radius 2 is 1.84 bits per heavy atom. The number of aromatic amines is 2. The van der Waals surface area contributed by atoms with Crippen molar-refractivity contribution >= 4 is 39.6 Å². The number of thiophene rings is 1. The number of hydrogen-bond donors (Lipinski definition) is 4. The zero-order valence-corrected chi connectivity index (χ0v) is 14.0. The first-order valence-electron chi connectivity index (χ1n) is 7.34. The lowest BCUT2D eigenvalue weighted by Crippen LogP contribution is -2.32. The summed E-state index contributed by atoms with van der Waals surface area (Å²) in [5, 5.41) is 9.74. The van der Waals surface area contributed by atoms with Gasteiger partial charge in [0.05, 0.1) is 27.9 Å². The Bertz CT molecular complexity index is 1080. The number of fused-ring (bicyclic) bond motifs is 1. The van der Waals surface area contributed by atoms with Crippen molar-refractivity contribution in [2.45, 2.75) is 6.92 Å².